The van der Waals surface area contributed by atoms with Crippen molar-refractivity contribution in [1.29, 1.82) is 0 Å². The van der Waals surface area contributed by atoms with Gasteiger partial charge >= 0.3 is 12.1 Å². The summed E-state index contributed by atoms with van der Waals surface area (Å²) in [6.45, 7) is 1.42. The van der Waals surface area contributed by atoms with Gasteiger partial charge < -0.3 is 14.8 Å². The molecule has 2 aromatic rings. The van der Waals surface area contributed by atoms with Crippen LogP contribution in [0.15, 0.2) is 64.4 Å². The van der Waals surface area contributed by atoms with Crippen molar-refractivity contribution in [1.82, 2.24) is 5.32 Å². The highest BCUT2D eigenvalue weighted by molar-refractivity contribution is 7.95. The van der Waals surface area contributed by atoms with E-state index < -0.39 is 34.5 Å². The molecule has 3 rings (SSSR count). The SMILES string of the molecule is CCOC(=O)[C@H](Cc1ccccc1)NC(=O)OCC1=Cc2ccccc2S1(=O)=O. The maximum absolute atomic E-state index is 12.5. The maximum atomic E-state index is 12.5. The van der Waals surface area contributed by atoms with Crippen molar-refractivity contribution in [2.75, 3.05) is 13.2 Å². The third kappa shape index (κ3) is 4.83. The first-order chi connectivity index (χ1) is 13.9. The molecular formula is C21H21NO6S. The van der Waals surface area contributed by atoms with Gasteiger partial charge in [0.25, 0.3) is 0 Å². The molecule has 1 amide bonds. The molecule has 0 aliphatic carbocycles. The number of carbonyl (C=O) groups excluding carboxylic acids is 2. The Morgan fingerprint density at radius 1 is 1.00 bits per heavy atom. The predicted octanol–water partition coefficient (Wildman–Crippen LogP) is 2.72. The Hall–Kier alpha value is -3.13. The number of fused-ring (bicyclic) bond motifs is 1. The summed E-state index contributed by atoms with van der Waals surface area (Å²) in [6.07, 6.45) is 0.803. The van der Waals surface area contributed by atoms with E-state index in [9.17, 15) is 18.0 Å². The zero-order chi connectivity index (χ0) is 20.9. The van der Waals surface area contributed by atoms with Gasteiger partial charge in [0.2, 0.25) is 9.84 Å². The summed E-state index contributed by atoms with van der Waals surface area (Å²) in [5, 5.41) is 2.46. The zero-order valence-electron chi connectivity index (χ0n) is 15.8. The summed E-state index contributed by atoms with van der Waals surface area (Å²) < 4.78 is 35.1. The van der Waals surface area contributed by atoms with Crippen LogP contribution in [0.4, 0.5) is 4.79 Å². The molecule has 0 bridgehead atoms. The number of hydrogen-bond donors (Lipinski definition) is 1. The van der Waals surface area contributed by atoms with Crippen LogP contribution in [-0.2, 0) is 30.5 Å². The minimum Gasteiger partial charge on any atom is -0.464 e. The molecule has 152 valence electrons. The number of hydrogen-bond acceptors (Lipinski definition) is 6. The Morgan fingerprint density at radius 3 is 2.38 bits per heavy atom. The second-order valence-corrected chi connectivity index (χ2v) is 8.34. The number of rotatable bonds is 7. The first-order valence-electron chi connectivity index (χ1n) is 9.10. The van der Waals surface area contributed by atoms with Crippen molar-refractivity contribution >= 4 is 28.0 Å². The Morgan fingerprint density at radius 2 is 1.69 bits per heavy atom. The van der Waals surface area contributed by atoms with Crippen LogP contribution in [0.3, 0.4) is 0 Å². The van der Waals surface area contributed by atoms with Crippen LogP contribution in [0, 0.1) is 0 Å². The van der Waals surface area contributed by atoms with Crippen LogP contribution in [0.2, 0.25) is 0 Å². The highest BCUT2D eigenvalue weighted by Crippen LogP contribution is 2.32. The number of alkyl carbamates (subject to hydrolysis) is 1. The minimum atomic E-state index is -3.68. The van der Waals surface area contributed by atoms with Crippen molar-refractivity contribution in [2.45, 2.75) is 24.3 Å². The molecule has 29 heavy (non-hydrogen) atoms. The molecule has 0 unspecified atom stereocenters. The van der Waals surface area contributed by atoms with Gasteiger partial charge in [-0.2, -0.15) is 0 Å². The van der Waals surface area contributed by atoms with E-state index in [2.05, 4.69) is 5.32 Å². The van der Waals surface area contributed by atoms with E-state index in [0.29, 0.717) is 5.56 Å². The molecule has 1 N–H and O–H groups in total. The fourth-order valence-corrected chi connectivity index (χ4v) is 4.44. The van der Waals surface area contributed by atoms with Gasteiger partial charge in [0.1, 0.15) is 12.6 Å². The lowest BCUT2D eigenvalue weighted by atomic mass is 10.1. The van der Waals surface area contributed by atoms with Gasteiger partial charge in [0.05, 0.1) is 16.4 Å². The number of sulfone groups is 1. The summed E-state index contributed by atoms with van der Waals surface area (Å²) in [5.41, 5.74) is 1.39. The third-order valence-electron chi connectivity index (χ3n) is 4.36. The molecule has 0 saturated carbocycles. The number of benzene rings is 2. The van der Waals surface area contributed by atoms with E-state index in [-0.39, 0.29) is 22.8 Å². The third-order valence-corrected chi connectivity index (χ3v) is 6.24. The summed E-state index contributed by atoms with van der Waals surface area (Å²) in [5.74, 6) is -0.589. The number of carbonyl (C=O) groups is 2. The summed E-state index contributed by atoms with van der Waals surface area (Å²) in [6, 6.07) is 14.7. The lowest BCUT2D eigenvalue weighted by Gasteiger charge is -2.17. The Labute approximate surface area is 169 Å². The van der Waals surface area contributed by atoms with Gasteiger partial charge in [0.15, 0.2) is 0 Å². The highest BCUT2D eigenvalue weighted by Gasteiger charge is 2.30. The van der Waals surface area contributed by atoms with Gasteiger partial charge in [-0.3, -0.25) is 0 Å². The molecule has 1 aliphatic heterocycles. The topological polar surface area (TPSA) is 98.8 Å². The first-order valence-corrected chi connectivity index (χ1v) is 10.6. The molecule has 0 saturated heterocycles. The van der Waals surface area contributed by atoms with Gasteiger partial charge in [0, 0.05) is 6.42 Å². The van der Waals surface area contributed by atoms with Crippen LogP contribution in [0.5, 0.6) is 0 Å². The van der Waals surface area contributed by atoms with Gasteiger partial charge in [-0.05, 0) is 30.2 Å². The number of ether oxygens (including phenoxy) is 2. The normalized spacial score (nSPS) is 15.0. The average Bonchev–Trinajstić information content (AvgIpc) is 2.97. The first kappa shape index (κ1) is 20.6. The largest absolute Gasteiger partial charge is 0.464 e. The lowest BCUT2D eigenvalue weighted by Crippen LogP contribution is -2.43. The summed E-state index contributed by atoms with van der Waals surface area (Å²) >= 11 is 0. The molecule has 0 fully saturated rings. The molecule has 0 aromatic heterocycles. The quantitative estimate of drug-likeness (QED) is 0.698. The van der Waals surface area contributed by atoms with Crippen molar-refractivity contribution in [3.63, 3.8) is 0 Å². The number of amides is 1. The minimum absolute atomic E-state index is 0.00964. The van der Waals surface area contributed by atoms with Gasteiger partial charge in [-0.15, -0.1) is 0 Å². The Kier molecular flexibility index (Phi) is 6.33. The fourth-order valence-electron chi connectivity index (χ4n) is 2.96. The Bertz CT molecular complexity index is 1030. The molecule has 0 radical (unpaired) electrons. The second-order valence-electron chi connectivity index (χ2n) is 6.37. The van der Waals surface area contributed by atoms with Gasteiger partial charge in [-0.1, -0.05) is 48.5 Å². The van der Waals surface area contributed by atoms with E-state index in [0.717, 1.165) is 5.56 Å². The van der Waals surface area contributed by atoms with Crippen molar-refractivity contribution < 1.29 is 27.5 Å². The molecule has 7 nitrogen and oxygen atoms in total. The van der Waals surface area contributed by atoms with Crippen molar-refractivity contribution in [2.24, 2.45) is 0 Å². The zero-order valence-corrected chi connectivity index (χ0v) is 16.6. The second kappa shape index (κ2) is 8.91. The smallest absolute Gasteiger partial charge is 0.408 e. The molecule has 8 heteroatoms. The van der Waals surface area contributed by atoms with Crippen LogP contribution >= 0.6 is 0 Å². The number of nitrogens with one attached hydrogen (secondary N) is 1. The van der Waals surface area contributed by atoms with Crippen LogP contribution in [0.1, 0.15) is 18.1 Å². The van der Waals surface area contributed by atoms with E-state index in [1.165, 1.54) is 12.1 Å². The van der Waals surface area contributed by atoms with E-state index >= 15 is 0 Å². The van der Waals surface area contributed by atoms with E-state index in [1.54, 1.807) is 25.1 Å². The van der Waals surface area contributed by atoms with Crippen molar-refractivity contribution in [3.05, 3.63) is 70.6 Å². The molecule has 1 aliphatic rings. The molecule has 0 spiro atoms. The van der Waals surface area contributed by atoms with Gasteiger partial charge in [-0.25, -0.2) is 18.0 Å². The monoisotopic (exact) mass is 415 g/mol. The fraction of sp³-hybridized carbons (Fsp3) is 0.238. The molecule has 2 aromatic carbocycles. The average molecular weight is 415 g/mol. The number of esters is 1. The molecule has 1 heterocycles. The van der Waals surface area contributed by atoms with E-state index in [1.807, 2.05) is 30.3 Å². The predicted molar refractivity (Wildman–Crippen MR) is 107 cm³/mol. The highest BCUT2D eigenvalue weighted by atomic mass is 32.2. The van der Waals surface area contributed by atoms with Crippen LogP contribution in [0.25, 0.3) is 6.08 Å². The summed E-state index contributed by atoms with van der Waals surface area (Å²) in [4.78, 5) is 24.6. The lowest BCUT2D eigenvalue weighted by molar-refractivity contribution is -0.145. The standard InChI is InChI=1S/C21H21NO6S/c1-2-27-20(23)18(12-15-8-4-3-5-9-15)22-21(24)28-14-17-13-16-10-6-7-11-19(16)29(17,25)26/h3-11,13,18H,2,12,14H2,1H3,(H,22,24)/t18-/m0/s1. The molecule has 1 atom stereocenters. The maximum Gasteiger partial charge on any atom is 0.408 e. The van der Waals surface area contributed by atoms with Crippen molar-refractivity contribution in [3.8, 4) is 0 Å². The van der Waals surface area contributed by atoms with Crippen LogP contribution < -0.4 is 5.32 Å². The van der Waals surface area contributed by atoms with Crippen LogP contribution in [-0.4, -0.2) is 39.7 Å². The molecular weight excluding hydrogens is 394 g/mol. The Balaban J connectivity index is 1.64. The summed E-state index contributed by atoms with van der Waals surface area (Å²) in [7, 11) is -3.68. The van der Waals surface area contributed by atoms with E-state index in [4.69, 9.17) is 9.47 Å².